The van der Waals surface area contributed by atoms with Crippen molar-refractivity contribution in [1.29, 1.82) is 0 Å². The van der Waals surface area contributed by atoms with E-state index >= 15 is 0 Å². The Morgan fingerprint density at radius 2 is 1.87 bits per heavy atom. The number of carbonyl (C=O) groups is 1. The summed E-state index contributed by atoms with van der Waals surface area (Å²) in [5.41, 5.74) is -0.958. The van der Waals surface area contributed by atoms with E-state index < -0.39 is 17.8 Å². The van der Waals surface area contributed by atoms with Gasteiger partial charge >= 0.3 is 12.1 Å². The summed E-state index contributed by atoms with van der Waals surface area (Å²) < 4.78 is 37.5. The van der Waals surface area contributed by atoms with Gasteiger partial charge in [-0.15, -0.1) is 0 Å². The van der Waals surface area contributed by atoms with Gasteiger partial charge in [-0.2, -0.15) is 13.2 Å². The second-order valence-corrected chi connectivity index (χ2v) is 4.35. The molecular formula is C13H12F3N5O2. The molecule has 0 spiro atoms. The Morgan fingerprint density at radius 3 is 2.48 bits per heavy atom. The van der Waals surface area contributed by atoms with Gasteiger partial charge in [-0.25, -0.2) is 19.7 Å². The highest BCUT2D eigenvalue weighted by molar-refractivity contribution is 5.87. The van der Waals surface area contributed by atoms with Crippen LogP contribution in [0, 0.1) is 0 Å². The van der Waals surface area contributed by atoms with Gasteiger partial charge in [-0.1, -0.05) is 0 Å². The van der Waals surface area contributed by atoms with E-state index in [-0.39, 0.29) is 18.1 Å². The number of nitrogens with one attached hydrogen (secondary N) is 2. The number of anilines is 2. The van der Waals surface area contributed by atoms with E-state index in [9.17, 15) is 18.0 Å². The monoisotopic (exact) mass is 327 g/mol. The van der Waals surface area contributed by atoms with Crippen molar-refractivity contribution < 1.29 is 23.1 Å². The van der Waals surface area contributed by atoms with Crippen molar-refractivity contribution in [2.24, 2.45) is 0 Å². The van der Waals surface area contributed by atoms with Crippen molar-refractivity contribution in [3.8, 4) is 0 Å². The van der Waals surface area contributed by atoms with Gasteiger partial charge in [0.05, 0.1) is 5.56 Å². The van der Waals surface area contributed by atoms with Gasteiger partial charge in [0.2, 0.25) is 5.95 Å². The predicted octanol–water partition coefficient (Wildman–Crippen LogP) is 2.11. The third-order valence-electron chi connectivity index (χ3n) is 2.67. The number of hydrogen-bond donors (Lipinski definition) is 3. The molecule has 0 bridgehead atoms. The fourth-order valence-electron chi connectivity index (χ4n) is 1.59. The van der Waals surface area contributed by atoms with Crippen LogP contribution < -0.4 is 10.6 Å². The fourth-order valence-corrected chi connectivity index (χ4v) is 1.59. The normalized spacial score (nSPS) is 11.1. The Labute approximate surface area is 128 Å². The number of halogens is 3. The Hall–Kier alpha value is -2.91. The van der Waals surface area contributed by atoms with Crippen LogP contribution >= 0.6 is 0 Å². The molecule has 2 rings (SSSR count). The topological polar surface area (TPSA) is 100 Å². The first-order valence-electron chi connectivity index (χ1n) is 6.43. The number of carboxylic acids is 1. The minimum absolute atomic E-state index is 0.0611. The molecule has 0 radical (unpaired) electrons. The average molecular weight is 327 g/mol. The third-order valence-corrected chi connectivity index (χ3v) is 2.67. The van der Waals surface area contributed by atoms with Crippen LogP contribution in [0.2, 0.25) is 0 Å². The van der Waals surface area contributed by atoms with Gasteiger partial charge in [0.1, 0.15) is 11.5 Å². The number of pyridine rings is 1. The number of aromatic carboxylic acids is 1. The van der Waals surface area contributed by atoms with Crippen LogP contribution in [0.25, 0.3) is 0 Å². The van der Waals surface area contributed by atoms with Crippen LogP contribution in [0.4, 0.5) is 24.9 Å². The average Bonchev–Trinajstić information content (AvgIpc) is 2.51. The van der Waals surface area contributed by atoms with Crippen molar-refractivity contribution in [2.45, 2.75) is 6.18 Å². The van der Waals surface area contributed by atoms with E-state index in [2.05, 4.69) is 25.6 Å². The van der Waals surface area contributed by atoms with E-state index in [1.54, 1.807) is 0 Å². The van der Waals surface area contributed by atoms with Gasteiger partial charge in [0.25, 0.3) is 0 Å². The number of alkyl halides is 3. The van der Waals surface area contributed by atoms with E-state index in [0.29, 0.717) is 12.4 Å². The van der Waals surface area contributed by atoms with Crippen molar-refractivity contribution in [3.63, 3.8) is 0 Å². The van der Waals surface area contributed by atoms with Gasteiger partial charge < -0.3 is 15.7 Å². The molecule has 0 atom stereocenters. The maximum Gasteiger partial charge on any atom is 0.433 e. The zero-order valence-electron chi connectivity index (χ0n) is 11.6. The van der Waals surface area contributed by atoms with Crippen molar-refractivity contribution in [3.05, 3.63) is 41.9 Å². The minimum Gasteiger partial charge on any atom is -0.478 e. The van der Waals surface area contributed by atoms with Gasteiger partial charge in [0.15, 0.2) is 0 Å². The quantitative estimate of drug-likeness (QED) is 0.699. The fraction of sp³-hybridized carbons (Fsp3) is 0.231. The number of nitrogens with zero attached hydrogens (tertiary/aromatic N) is 3. The Bertz CT molecular complexity index is 676. The number of aromatic nitrogens is 3. The Kier molecular flexibility index (Phi) is 4.94. The van der Waals surface area contributed by atoms with Gasteiger partial charge in [-0.3, -0.25) is 0 Å². The van der Waals surface area contributed by atoms with Crippen LogP contribution in [0.1, 0.15) is 16.1 Å². The largest absolute Gasteiger partial charge is 0.478 e. The summed E-state index contributed by atoms with van der Waals surface area (Å²) in [6.45, 7) is 0.586. The minimum atomic E-state index is -4.52. The molecule has 0 aliphatic heterocycles. The summed E-state index contributed by atoms with van der Waals surface area (Å²) in [4.78, 5) is 21.6. The SMILES string of the molecule is O=C(O)c1ccc(NCCNc2nccc(C(F)(F)F)n2)nc1. The summed E-state index contributed by atoms with van der Waals surface area (Å²) in [5, 5.41) is 14.3. The first-order chi connectivity index (χ1) is 10.9. The number of hydrogen-bond acceptors (Lipinski definition) is 6. The van der Waals surface area contributed by atoms with Crippen LogP contribution in [-0.4, -0.2) is 39.1 Å². The summed E-state index contributed by atoms with van der Waals surface area (Å²) in [6.07, 6.45) is -2.29. The molecule has 122 valence electrons. The molecule has 2 heterocycles. The summed E-state index contributed by atoms with van der Waals surface area (Å²) in [5.74, 6) is -0.759. The highest BCUT2D eigenvalue weighted by Gasteiger charge is 2.32. The summed E-state index contributed by atoms with van der Waals surface area (Å²) in [7, 11) is 0. The Balaban J connectivity index is 1.82. The molecule has 0 unspecified atom stereocenters. The maximum atomic E-state index is 12.5. The van der Waals surface area contributed by atoms with Crippen molar-refractivity contribution in [1.82, 2.24) is 15.0 Å². The van der Waals surface area contributed by atoms with Gasteiger partial charge in [-0.05, 0) is 18.2 Å². The second kappa shape index (κ2) is 6.90. The van der Waals surface area contributed by atoms with E-state index in [0.717, 1.165) is 12.3 Å². The smallest absolute Gasteiger partial charge is 0.433 e. The lowest BCUT2D eigenvalue weighted by Crippen LogP contribution is -2.17. The molecule has 7 nitrogen and oxygen atoms in total. The molecule has 2 aromatic rings. The third kappa shape index (κ3) is 4.80. The lowest BCUT2D eigenvalue weighted by atomic mass is 10.3. The Morgan fingerprint density at radius 1 is 1.13 bits per heavy atom. The molecule has 0 aliphatic rings. The predicted molar refractivity (Wildman–Crippen MR) is 75.2 cm³/mol. The molecule has 3 N–H and O–H groups in total. The molecule has 0 fully saturated rings. The lowest BCUT2D eigenvalue weighted by molar-refractivity contribution is -0.141. The van der Waals surface area contributed by atoms with E-state index in [1.165, 1.54) is 18.3 Å². The molecule has 23 heavy (non-hydrogen) atoms. The summed E-state index contributed by atoms with van der Waals surface area (Å²) in [6, 6.07) is 3.67. The van der Waals surface area contributed by atoms with Crippen LogP contribution in [0.3, 0.4) is 0 Å². The molecule has 2 aromatic heterocycles. The van der Waals surface area contributed by atoms with Crippen molar-refractivity contribution in [2.75, 3.05) is 23.7 Å². The maximum absolute atomic E-state index is 12.5. The molecule has 0 amide bonds. The molecule has 10 heteroatoms. The molecule has 0 saturated carbocycles. The highest BCUT2D eigenvalue weighted by Crippen LogP contribution is 2.27. The first-order valence-corrected chi connectivity index (χ1v) is 6.43. The second-order valence-electron chi connectivity index (χ2n) is 4.35. The standard InChI is InChI=1S/C13H12F3N5O2/c14-13(15,16)9-3-4-18-12(21-9)19-6-5-17-10-2-1-8(7-20-10)11(22)23/h1-4,7H,5-6H2,(H,17,20)(H,22,23)(H,18,19,21). The van der Waals surface area contributed by atoms with Crippen LogP contribution in [0.5, 0.6) is 0 Å². The van der Waals surface area contributed by atoms with Crippen LogP contribution in [-0.2, 0) is 6.18 Å². The molecule has 0 saturated heterocycles. The molecule has 0 aliphatic carbocycles. The number of carboxylic acid groups (broad SMARTS) is 1. The molecular weight excluding hydrogens is 315 g/mol. The zero-order valence-corrected chi connectivity index (χ0v) is 11.6. The van der Waals surface area contributed by atoms with Crippen LogP contribution in [0.15, 0.2) is 30.6 Å². The molecule has 0 aromatic carbocycles. The van der Waals surface area contributed by atoms with Crippen molar-refractivity contribution >= 4 is 17.7 Å². The van der Waals surface area contributed by atoms with E-state index in [4.69, 9.17) is 5.11 Å². The number of rotatable bonds is 6. The van der Waals surface area contributed by atoms with Gasteiger partial charge in [0, 0.05) is 25.5 Å². The zero-order chi connectivity index (χ0) is 16.9. The first kappa shape index (κ1) is 16.5. The van der Waals surface area contributed by atoms with E-state index in [1.807, 2.05) is 0 Å². The lowest BCUT2D eigenvalue weighted by Gasteiger charge is -2.09. The summed E-state index contributed by atoms with van der Waals surface area (Å²) >= 11 is 0. The highest BCUT2D eigenvalue weighted by atomic mass is 19.4.